The van der Waals surface area contributed by atoms with Gasteiger partial charge in [0.1, 0.15) is 11.6 Å². The third kappa shape index (κ3) is 2.88. The second-order valence-corrected chi connectivity index (χ2v) is 3.97. The molecule has 0 radical (unpaired) electrons. The summed E-state index contributed by atoms with van der Waals surface area (Å²) in [5.74, 6) is 1.67. The molecule has 0 aliphatic carbocycles. The molecule has 0 unspecified atom stereocenters. The summed E-state index contributed by atoms with van der Waals surface area (Å²) < 4.78 is 0. The van der Waals surface area contributed by atoms with Crippen molar-refractivity contribution in [2.24, 2.45) is 0 Å². The molecule has 4 N–H and O–H groups in total. The van der Waals surface area contributed by atoms with Crippen molar-refractivity contribution in [2.75, 3.05) is 22.9 Å². The Morgan fingerprint density at radius 2 is 1.89 bits per heavy atom. The molecule has 0 aliphatic heterocycles. The molecule has 94 valence electrons. The summed E-state index contributed by atoms with van der Waals surface area (Å²) in [6, 6.07) is 9.86. The summed E-state index contributed by atoms with van der Waals surface area (Å²) in [7, 11) is 0. The summed E-state index contributed by atoms with van der Waals surface area (Å²) in [4.78, 5) is 8.27. The number of aryl methyl sites for hydroxylation is 1. The van der Waals surface area contributed by atoms with E-state index in [9.17, 15) is 0 Å². The fourth-order valence-electron chi connectivity index (χ4n) is 1.65. The van der Waals surface area contributed by atoms with Gasteiger partial charge in [-0.05, 0) is 25.5 Å². The van der Waals surface area contributed by atoms with Crippen LogP contribution < -0.4 is 16.4 Å². The summed E-state index contributed by atoms with van der Waals surface area (Å²) in [6.07, 6.45) is 0. The van der Waals surface area contributed by atoms with E-state index < -0.39 is 0 Å². The highest BCUT2D eigenvalue weighted by molar-refractivity contribution is 5.63. The van der Waals surface area contributed by atoms with Crippen molar-refractivity contribution in [3.8, 4) is 0 Å². The molecular weight excluding hydrogens is 226 g/mol. The molecule has 0 saturated carbocycles. The van der Waals surface area contributed by atoms with Gasteiger partial charge in [0.05, 0.1) is 0 Å². The van der Waals surface area contributed by atoms with Crippen molar-refractivity contribution < 1.29 is 0 Å². The van der Waals surface area contributed by atoms with Gasteiger partial charge in [0.15, 0.2) is 0 Å². The van der Waals surface area contributed by atoms with Crippen molar-refractivity contribution in [3.05, 3.63) is 35.9 Å². The molecule has 0 saturated heterocycles. The minimum absolute atomic E-state index is 0.254. The molecule has 0 fully saturated rings. The molecular formula is C13H17N5. The zero-order valence-corrected chi connectivity index (χ0v) is 10.6. The van der Waals surface area contributed by atoms with Gasteiger partial charge in [-0.25, -0.2) is 0 Å². The molecule has 1 heterocycles. The Hall–Kier alpha value is -2.30. The molecule has 0 bridgehead atoms. The maximum Gasteiger partial charge on any atom is 0.223 e. The third-order valence-corrected chi connectivity index (χ3v) is 2.51. The number of nitrogens with two attached hydrogens (primary N) is 1. The number of para-hydroxylation sites is 1. The van der Waals surface area contributed by atoms with Gasteiger partial charge in [0.2, 0.25) is 5.95 Å². The van der Waals surface area contributed by atoms with Gasteiger partial charge in [-0.3, -0.25) is 0 Å². The minimum atomic E-state index is 0.254. The van der Waals surface area contributed by atoms with Crippen LogP contribution in [0.3, 0.4) is 0 Å². The van der Waals surface area contributed by atoms with E-state index in [0.717, 1.165) is 23.6 Å². The van der Waals surface area contributed by atoms with Crippen molar-refractivity contribution in [1.82, 2.24) is 9.97 Å². The first-order chi connectivity index (χ1) is 8.69. The SMILES string of the molecule is CCNc1cc(Nc2ccccc2C)nc(N)n1. The lowest BCUT2D eigenvalue weighted by Gasteiger charge is -2.10. The Labute approximate surface area is 106 Å². The molecule has 1 aromatic heterocycles. The fourth-order valence-corrected chi connectivity index (χ4v) is 1.65. The zero-order valence-electron chi connectivity index (χ0n) is 10.6. The van der Waals surface area contributed by atoms with E-state index in [4.69, 9.17) is 5.73 Å². The fraction of sp³-hybridized carbons (Fsp3) is 0.231. The predicted octanol–water partition coefficient (Wildman–Crippen LogP) is 2.54. The Bertz CT molecular complexity index is 539. The Kier molecular flexibility index (Phi) is 3.62. The number of hydrogen-bond donors (Lipinski definition) is 3. The van der Waals surface area contributed by atoms with Gasteiger partial charge < -0.3 is 16.4 Å². The monoisotopic (exact) mass is 243 g/mol. The van der Waals surface area contributed by atoms with E-state index in [1.807, 2.05) is 44.2 Å². The first-order valence-corrected chi connectivity index (χ1v) is 5.90. The molecule has 5 heteroatoms. The lowest BCUT2D eigenvalue weighted by molar-refractivity contribution is 1.12. The number of anilines is 4. The van der Waals surface area contributed by atoms with Gasteiger partial charge in [-0.15, -0.1) is 0 Å². The molecule has 5 nitrogen and oxygen atoms in total. The van der Waals surface area contributed by atoms with E-state index in [0.29, 0.717) is 5.82 Å². The van der Waals surface area contributed by atoms with Crippen LogP contribution >= 0.6 is 0 Å². The van der Waals surface area contributed by atoms with Gasteiger partial charge in [-0.2, -0.15) is 9.97 Å². The summed E-state index contributed by atoms with van der Waals surface area (Å²) in [5.41, 5.74) is 7.84. The number of rotatable bonds is 4. The van der Waals surface area contributed by atoms with Crippen LogP contribution in [0.5, 0.6) is 0 Å². The first kappa shape index (κ1) is 12.2. The maximum absolute atomic E-state index is 5.68. The lowest BCUT2D eigenvalue weighted by Crippen LogP contribution is -2.06. The Balaban J connectivity index is 2.26. The molecule has 0 spiro atoms. The quantitative estimate of drug-likeness (QED) is 0.769. The van der Waals surface area contributed by atoms with Gasteiger partial charge in [0.25, 0.3) is 0 Å². The molecule has 0 amide bonds. The Morgan fingerprint density at radius 3 is 2.61 bits per heavy atom. The van der Waals surface area contributed by atoms with Gasteiger partial charge in [-0.1, -0.05) is 18.2 Å². The van der Waals surface area contributed by atoms with E-state index in [-0.39, 0.29) is 5.95 Å². The van der Waals surface area contributed by atoms with E-state index in [1.54, 1.807) is 0 Å². The van der Waals surface area contributed by atoms with Crippen LogP contribution in [-0.4, -0.2) is 16.5 Å². The zero-order chi connectivity index (χ0) is 13.0. The second kappa shape index (κ2) is 5.35. The molecule has 2 rings (SSSR count). The standard InChI is InChI=1S/C13H17N5/c1-3-15-11-8-12(18-13(14)17-11)16-10-7-5-4-6-9(10)2/h4-8H,3H2,1-2H3,(H4,14,15,16,17,18). The first-order valence-electron chi connectivity index (χ1n) is 5.90. The van der Waals surface area contributed by atoms with Crippen LogP contribution in [0.2, 0.25) is 0 Å². The molecule has 0 aliphatic rings. The van der Waals surface area contributed by atoms with Crippen LogP contribution in [-0.2, 0) is 0 Å². The van der Waals surface area contributed by atoms with Gasteiger partial charge >= 0.3 is 0 Å². The molecule has 0 atom stereocenters. The summed E-state index contributed by atoms with van der Waals surface area (Å²) >= 11 is 0. The van der Waals surface area contributed by atoms with Crippen molar-refractivity contribution in [3.63, 3.8) is 0 Å². The van der Waals surface area contributed by atoms with E-state index in [2.05, 4.69) is 20.6 Å². The highest BCUT2D eigenvalue weighted by atomic mass is 15.1. The average Bonchev–Trinajstić information content (AvgIpc) is 2.32. The number of benzene rings is 1. The van der Waals surface area contributed by atoms with Crippen LogP contribution in [0, 0.1) is 6.92 Å². The number of hydrogen-bond acceptors (Lipinski definition) is 5. The van der Waals surface area contributed by atoms with Crippen LogP contribution in [0.4, 0.5) is 23.3 Å². The van der Waals surface area contributed by atoms with Crippen molar-refractivity contribution in [2.45, 2.75) is 13.8 Å². The molecule has 1 aromatic carbocycles. The Morgan fingerprint density at radius 1 is 1.17 bits per heavy atom. The summed E-state index contributed by atoms with van der Waals surface area (Å²) in [5, 5.41) is 6.36. The highest BCUT2D eigenvalue weighted by Gasteiger charge is 2.03. The van der Waals surface area contributed by atoms with Crippen LogP contribution in [0.15, 0.2) is 30.3 Å². The largest absolute Gasteiger partial charge is 0.370 e. The van der Waals surface area contributed by atoms with Crippen molar-refractivity contribution >= 4 is 23.3 Å². The van der Waals surface area contributed by atoms with E-state index >= 15 is 0 Å². The number of aromatic nitrogens is 2. The minimum Gasteiger partial charge on any atom is -0.370 e. The number of nitrogens with one attached hydrogen (secondary N) is 2. The number of nitrogens with zero attached hydrogens (tertiary/aromatic N) is 2. The molecule has 2 aromatic rings. The highest BCUT2D eigenvalue weighted by Crippen LogP contribution is 2.20. The number of nitrogen functional groups attached to an aromatic ring is 1. The second-order valence-electron chi connectivity index (χ2n) is 3.97. The average molecular weight is 243 g/mol. The smallest absolute Gasteiger partial charge is 0.223 e. The van der Waals surface area contributed by atoms with Crippen molar-refractivity contribution in [1.29, 1.82) is 0 Å². The molecule has 18 heavy (non-hydrogen) atoms. The lowest BCUT2D eigenvalue weighted by atomic mass is 10.2. The van der Waals surface area contributed by atoms with E-state index in [1.165, 1.54) is 0 Å². The normalized spacial score (nSPS) is 10.1. The third-order valence-electron chi connectivity index (χ3n) is 2.51. The van der Waals surface area contributed by atoms with Crippen LogP contribution in [0.1, 0.15) is 12.5 Å². The summed E-state index contributed by atoms with van der Waals surface area (Å²) in [6.45, 7) is 4.84. The van der Waals surface area contributed by atoms with Gasteiger partial charge in [0, 0.05) is 18.3 Å². The topological polar surface area (TPSA) is 75.9 Å². The predicted molar refractivity (Wildman–Crippen MR) is 75.1 cm³/mol. The maximum atomic E-state index is 5.68. The van der Waals surface area contributed by atoms with Crippen LogP contribution in [0.25, 0.3) is 0 Å².